The second-order valence-corrected chi connectivity index (χ2v) is 6.45. The van der Waals surface area contributed by atoms with Gasteiger partial charge in [-0.05, 0) is 30.2 Å². The summed E-state index contributed by atoms with van der Waals surface area (Å²) in [5.41, 5.74) is 2.16. The number of amides is 1. The molecule has 2 aromatic rings. The van der Waals surface area contributed by atoms with Crippen LogP contribution in [-0.4, -0.2) is 30.1 Å². The molecule has 0 saturated carbocycles. The zero-order chi connectivity index (χ0) is 17.2. The number of benzene rings is 2. The molecule has 1 fully saturated rings. The number of hydrogen-bond donors (Lipinski definition) is 0. The molecular weight excluding hydrogens is 314 g/mol. The van der Waals surface area contributed by atoms with E-state index in [1.54, 1.807) is 7.11 Å². The molecule has 0 aliphatic carbocycles. The van der Waals surface area contributed by atoms with Crippen molar-refractivity contribution in [3.8, 4) is 5.75 Å². The molecule has 25 heavy (non-hydrogen) atoms. The number of carbonyl (C=O) groups excluding carboxylic acids is 1. The molecule has 2 heterocycles. The van der Waals surface area contributed by atoms with E-state index in [9.17, 15) is 4.79 Å². The summed E-state index contributed by atoms with van der Waals surface area (Å²) in [4.78, 5) is 14.5. The molecule has 0 N–H and O–H groups in total. The first kappa shape index (κ1) is 15.8. The van der Waals surface area contributed by atoms with Gasteiger partial charge in [-0.1, -0.05) is 42.5 Å². The van der Waals surface area contributed by atoms with Gasteiger partial charge in [0.05, 0.1) is 13.2 Å². The number of nitrogens with zero attached hydrogens (tertiary/aromatic N) is 1. The molecule has 0 radical (unpaired) electrons. The summed E-state index contributed by atoms with van der Waals surface area (Å²) in [7, 11) is 1.65. The summed E-state index contributed by atoms with van der Waals surface area (Å²) in [6.07, 6.45) is 3.45. The van der Waals surface area contributed by atoms with E-state index in [4.69, 9.17) is 9.47 Å². The van der Waals surface area contributed by atoms with Gasteiger partial charge in [-0.3, -0.25) is 4.79 Å². The van der Waals surface area contributed by atoms with Crippen LogP contribution in [0.25, 0.3) is 5.76 Å². The smallest absolute Gasteiger partial charge is 0.223 e. The first-order valence-corrected chi connectivity index (χ1v) is 8.61. The molecule has 0 spiro atoms. The number of fused-ring (bicyclic) bond motifs is 1. The Bertz CT molecular complexity index is 783. The van der Waals surface area contributed by atoms with Crippen LogP contribution in [-0.2, 0) is 16.1 Å². The third-order valence-corrected chi connectivity index (χ3v) is 4.87. The molecule has 4 nitrogen and oxygen atoms in total. The first-order valence-electron chi connectivity index (χ1n) is 8.61. The highest BCUT2D eigenvalue weighted by Gasteiger charge is 2.40. The number of carbonyl (C=O) groups is 1. The van der Waals surface area contributed by atoms with Crippen molar-refractivity contribution in [3.63, 3.8) is 0 Å². The van der Waals surface area contributed by atoms with Gasteiger partial charge in [0.25, 0.3) is 0 Å². The second kappa shape index (κ2) is 6.63. The Hall–Kier alpha value is -2.75. The van der Waals surface area contributed by atoms with E-state index in [2.05, 4.69) is 6.08 Å². The van der Waals surface area contributed by atoms with E-state index in [0.29, 0.717) is 13.0 Å². The first-order chi connectivity index (χ1) is 12.2. The fraction of sp³-hybridized carbons (Fsp3) is 0.286. The minimum absolute atomic E-state index is 0.00134. The molecule has 2 aromatic carbocycles. The largest absolute Gasteiger partial charge is 0.497 e. The third-order valence-electron chi connectivity index (χ3n) is 4.87. The van der Waals surface area contributed by atoms with Gasteiger partial charge in [-0.2, -0.15) is 0 Å². The van der Waals surface area contributed by atoms with E-state index < -0.39 is 0 Å². The lowest BCUT2D eigenvalue weighted by Gasteiger charge is -2.36. The molecule has 2 aliphatic heterocycles. The second-order valence-electron chi connectivity index (χ2n) is 6.45. The lowest BCUT2D eigenvalue weighted by atomic mass is 9.98. The summed E-state index contributed by atoms with van der Waals surface area (Å²) >= 11 is 0. The maximum atomic E-state index is 12.5. The highest BCUT2D eigenvalue weighted by Crippen LogP contribution is 2.35. The Morgan fingerprint density at radius 1 is 1.12 bits per heavy atom. The average molecular weight is 335 g/mol. The normalized spacial score (nSPS) is 22.2. The van der Waals surface area contributed by atoms with E-state index in [1.807, 2.05) is 59.5 Å². The maximum Gasteiger partial charge on any atom is 0.223 e. The summed E-state index contributed by atoms with van der Waals surface area (Å²) in [5, 5.41) is 0. The van der Waals surface area contributed by atoms with Crippen LogP contribution in [0.15, 0.2) is 60.7 Å². The molecule has 0 aromatic heterocycles. The average Bonchev–Trinajstić information content (AvgIpc) is 3.10. The van der Waals surface area contributed by atoms with Crippen LogP contribution >= 0.6 is 0 Å². The number of ether oxygens (including phenoxy) is 2. The molecule has 0 unspecified atom stereocenters. The fourth-order valence-corrected chi connectivity index (χ4v) is 3.52. The van der Waals surface area contributed by atoms with E-state index in [0.717, 1.165) is 29.1 Å². The molecule has 4 heteroatoms. The van der Waals surface area contributed by atoms with E-state index in [-0.39, 0.29) is 18.1 Å². The zero-order valence-corrected chi connectivity index (χ0v) is 14.2. The predicted molar refractivity (Wildman–Crippen MR) is 95.9 cm³/mol. The van der Waals surface area contributed by atoms with Crippen molar-refractivity contribution in [2.75, 3.05) is 7.11 Å². The van der Waals surface area contributed by atoms with E-state index in [1.165, 1.54) is 0 Å². The topological polar surface area (TPSA) is 38.8 Å². The van der Waals surface area contributed by atoms with Gasteiger partial charge < -0.3 is 14.4 Å². The van der Waals surface area contributed by atoms with E-state index >= 15 is 0 Å². The molecule has 1 saturated heterocycles. The number of piperidine rings is 1. The van der Waals surface area contributed by atoms with Gasteiger partial charge in [0, 0.05) is 18.5 Å². The lowest BCUT2D eigenvalue weighted by molar-refractivity contribution is -0.139. The molecule has 0 bridgehead atoms. The van der Waals surface area contributed by atoms with Crippen LogP contribution < -0.4 is 4.74 Å². The Kier molecular flexibility index (Phi) is 4.18. The van der Waals surface area contributed by atoms with Crippen molar-refractivity contribution in [1.82, 2.24) is 4.90 Å². The van der Waals surface area contributed by atoms with Crippen molar-refractivity contribution in [2.24, 2.45) is 0 Å². The van der Waals surface area contributed by atoms with Gasteiger partial charge in [-0.25, -0.2) is 0 Å². The fourth-order valence-electron chi connectivity index (χ4n) is 3.52. The molecule has 2 atom stereocenters. The lowest BCUT2D eigenvalue weighted by Crippen LogP contribution is -2.48. The summed E-state index contributed by atoms with van der Waals surface area (Å²) in [6.45, 7) is 0.589. The summed E-state index contributed by atoms with van der Waals surface area (Å²) < 4.78 is 11.4. The van der Waals surface area contributed by atoms with Gasteiger partial charge in [-0.15, -0.1) is 0 Å². The van der Waals surface area contributed by atoms with Crippen LogP contribution in [0.2, 0.25) is 0 Å². The maximum absolute atomic E-state index is 12.5. The van der Waals surface area contributed by atoms with Gasteiger partial charge >= 0.3 is 0 Å². The Morgan fingerprint density at radius 3 is 2.60 bits per heavy atom. The molecule has 4 rings (SSSR count). The Balaban J connectivity index is 1.57. The molecule has 2 aliphatic rings. The molecule has 128 valence electrons. The van der Waals surface area contributed by atoms with Crippen LogP contribution in [0.5, 0.6) is 5.75 Å². The summed E-state index contributed by atoms with van der Waals surface area (Å²) in [5.74, 6) is 1.89. The standard InChI is InChI=1S/C21H21NO3/c1-24-17-9-7-15(8-10-17)14-22-18-13-20(16-5-3-2-4-6-16)25-19(18)11-12-21(22)23/h2-10,13,18-19H,11-12,14H2,1H3/t18-,19-/m0/s1. The highest BCUT2D eigenvalue weighted by molar-refractivity contribution is 5.79. The van der Waals surface area contributed by atoms with Crippen molar-refractivity contribution in [2.45, 2.75) is 31.5 Å². The number of rotatable bonds is 4. The predicted octanol–water partition coefficient (Wildman–Crippen LogP) is 3.63. The highest BCUT2D eigenvalue weighted by atomic mass is 16.5. The Labute approximate surface area is 147 Å². The number of methoxy groups -OCH3 is 1. The number of likely N-dealkylation sites (tertiary alicyclic amines) is 1. The quantitative estimate of drug-likeness (QED) is 0.856. The Morgan fingerprint density at radius 2 is 1.88 bits per heavy atom. The van der Waals surface area contributed by atoms with Crippen LogP contribution in [0, 0.1) is 0 Å². The minimum Gasteiger partial charge on any atom is -0.497 e. The SMILES string of the molecule is COc1ccc(CN2C(=O)CC[C@@H]3OC(c4ccccc4)=C[C@@H]32)cc1. The van der Waals surface area contributed by atoms with Crippen LogP contribution in [0.1, 0.15) is 24.0 Å². The van der Waals surface area contributed by atoms with Crippen molar-refractivity contribution < 1.29 is 14.3 Å². The third kappa shape index (κ3) is 3.12. The molecule has 1 amide bonds. The van der Waals surface area contributed by atoms with Gasteiger partial charge in [0.15, 0.2) is 0 Å². The van der Waals surface area contributed by atoms with Crippen LogP contribution in [0.4, 0.5) is 0 Å². The summed E-state index contributed by atoms with van der Waals surface area (Å²) in [6, 6.07) is 17.9. The monoisotopic (exact) mass is 335 g/mol. The minimum atomic E-state index is -0.00134. The molecular formula is C21H21NO3. The van der Waals surface area contributed by atoms with Crippen LogP contribution in [0.3, 0.4) is 0 Å². The van der Waals surface area contributed by atoms with Gasteiger partial charge in [0.1, 0.15) is 17.6 Å². The number of hydrogen-bond acceptors (Lipinski definition) is 3. The van der Waals surface area contributed by atoms with Crippen molar-refractivity contribution >= 4 is 11.7 Å². The zero-order valence-electron chi connectivity index (χ0n) is 14.2. The van der Waals surface area contributed by atoms with Crippen molar-refractivity contribution in [1.29, 1.82) is 0 Å². The van der Waals surface area contributed by atoms with Gasteiger partial charge in [0.2, 0.25) is 5.91 Å². The van der Waals surface area contributed by atoms with Crippen molar-refractivity contribution in [3.05, 3.63) is 71.8 Å².